The number of aryl methyl sites for hydroxylation is 3. The summed E-state index contributed by atoms with van der Waals surface area (Å²) in [6.45, 7) is -0.711. The summed E-state index contributed by atoms with van der Waals surface area (Å²) in [6.07, 6.45) is 3.08. The molecule has 3 aromatic carbocycles. The van der Waals surface area contributed by atoms with Gasteiger partial charge in [-0.25, -0.2) is 4.98 Å². The van der Waals surface area contributed by atoms with Crippen molar-refractivity contribution in [2.45, 2.75) is 40.2 Å². The van der Waals surface area contributed by atoms with Crippen molar-refractivity contribution in [3.63, 3.8) is 0 Å². The van der Waals surface area contributed by atoms with E-state index in [4.69, 9.17) is 21.2 Å². The SMILES string of the molecule is C[Si](C)(C)c1ccc(-c2[c-]cccc2)nc1.[2H]C([2H])([2H])c1ccc2c(n1)oc1ccc3oc4c(-c5cc(C([2H])([2H])[2H])c(C([2H])([2H])[2H])cn5)[c-]ccc4c3c12.[Ir]. The topological polar surface area (TPSA) is 65.0 Å². The van der Waals surface area contributed by atoms with E-state index >= 15 is 0 Å². The van der Waals surface area contributed by atoms with E-state index in [1.54, 1.807) is 30.3 Å². The van der Waals surface area contributed by atoms with Gasteiger partial charge < -0.3 is 18.8 Å². The smallest absolute Gasteiger partial charge is 0.227 e. The Hall–Kier alpha value is -4.42. The van der Waals surface area contributed by atoms with E-state index in [-0.39, 0.29) is 48.3 Å². The van der Waals surface area contributed by atoms with Crippen LogP contribution >= 0.6 is 0 Å². The van der Waals surface area contributed by atoms with Gasteiger partial charge in [0.2, 0.25) is 5.71 Å². The molecular weight excluding hydrogens is 763 g/mol. The number of rotatable bonds is 3. The third kappa shape index (κ3) is 5.82. The summed E-state index contributed by atoms with van der Waals surface area (Å²) in [6, 6.07) is 29.7. The van der Waals surface area contributed by atoms with Crippen LogP contribution in [0.15, 0.2) is 100 Å². The van der Waals surface area contributed by atoms with Gasteiger partial charge in [-0.3, -0.25) is 0 Å². The molecule has 0 saturated carbocycles. The minimum atomic E-state index is -2.67. The molecule has 1 radical (unpaired) electrons. The first-order chi connectivity index (χ1) is 25.3. The van der Waals surface area contributed by atoms with Crippen LogP contribution in [0.2, 0.25) is 19.6 Å². The van der Waals surface area contributed by atoms with Crippen LogP contribution in [-0.4, -0.2) is 23.0 Å². The Bertz CT molecular complexity index is 2660. The third-order valence-electron chi connectivity index (χ3n) is 7.67. The zero-order chi connectivity index (χ0) is 38.8. The van der Waals surface area contributed by atoms with Crippen LogP contribution in [0.5, 0.6) is 0 Å². The zero-order valence-electron chi connectivity index (χ0n) is 34.2. The van der Waals surface area contributed by atoms with Gasteiger partial charge in [-0.1, -0.05) is 54.4 Å². The standard InChI is InChI=1S/C25H17N2O2.C14H16NSi.Ir/c1-13-11-19(26-12-14(13)2)16-5-4-6-17-22-20(28-24(16)17)9-10-21-23(22)18-8-7-15(3)27-25(18)29-21;1-16(2,3)13-9-10-14(15-11-13)12-7-5-4-6-8-12;/h4,6-12H,1-3H3;4-7,9-11H,1-3H3;/q2*-1;/i1D3,2D3,3D3;;. The predicted molar refractivity (Wildman–Crippen MR) is 187 cm³/mol. The molecule has 5 heterocycles. The summed E-state index contributed by atoms with van der Waals surface area (Å²) in [4.78, 5) is 13.0. The summed E-state index contributed by atoms with van der Waals surface area (Å²) in [7, 11) is -1.23. The van der Waals surface area contributed by atoms with Gasteiger partial charge in [-0.15, -0.1) is 54.1 Å². The second-order valence-electron chi connectivity index (χ2n) is 11.7. The summed E-state index contributed by atoms with van der Waals surface area (Å²) in [5.74, 6) is 0. The first-order valence-electron chi connectivity index (χ1n) is 18.9. The molecule has 0 aliphatic carbocycles. The molecule has 0 unspecified atom stereocenters. The third-order valence-corrected chi connectivity index (χ3v) is 9.70. The quantitative estimate of drug-likeness (QED) is 0.132. The second kappa shape index (κ2) is 12.4. The van der Waals surface area contributed by atoms with E-state index in [0.717, 1.165) is 17.5 Å². The molecule has 0 N–H and O–H groups in total. The van der Waals surface area contributed by atoms with Crippen molar-refractivity contribution in [3.05, 3.63) is 120 Å². The first kappa shape index (κ1) is 22.2. The molecule has 8 aromatic rings. The molecule has 0 fully saturated rings. The Morgan fingerprint density at radius 2 is 1.52 bits per heavy atom. The number of pyridine rings is 3. The van der Waals surface area contributed by atoms with E-state index in [9.17, 15) is 0 Å². The largest absolute Gasteiger partial charge is 0.501 e. The van der Waals surface area contributed by atoms with Gasteiger partial charge in [0.1, 0.15) is 11.2 Å². The van der Waals surface area contributed by atoms with Crippen molar-refractivity contribution in [1.29, 1.82) is 0 Å². The number of fused-ring (bicyclic) bond motifs is 7. The van der Waals surface area contributed by atoms with Crippen LogP contribution in [0.1, 0.15) is 29.2 Å². The van der Waals surface area contributed by atoms with Gasteiger partial charge in [0, 0.05) is 66.7 Å². The van der Waals surface area contributed by atoms with Crippen LogP contribution in [-0.2, 0) is 20.1 Å². The Morgan fingerprint density at radius 1 is 0.717 bits per heavy atom. The van der Waals surface area contributed by atoms with Crippen LogP contribution in [0, 0.1) is 32.7 Å². The minimum absolute atomic E-state index is 0. The van der Waals surface area contributed by atoms with E-state index in [2.05, 4.69) is 58.9 Å². The molecule has 0 saturated heterocycles. The molecule has 0 bridgehead atoms. The number of furan rings is 2. The van der Waals surface area contributed by atoms with E-state index in [1.165, 1.54) is 17.3 Å². The number of nitrogens with zero attached hydrogens (tertiary/aromatic N) is 3. The maximum Gasteiger partial charge on any atom is 0.227 e. The Kier molecular flexibility index (Phi) is 5.98. The number of hydrogen-bond donors (Lipinski definition) is 0. The first-order valence-corrected chi connectivity index (χ1v) is 17.9. The van der Waals surface area contributed by atoms with E-state index < -0.39 is 28.6 Å². The van der Waals surface area contributed by atoms with Gasteiger partial charge in [0.25, 0.3) is 0 Å². The van der Waals surface area contributed by atoms with Gasteiger partial charge in [-0.05, 0) is 67.0 Å². The van der Waals surface area contributed by atoms with Crippen molar-refractivity contribution in [2.75, 3.05) is 0 Å². The van der Waals surface area contributed by atoms with Crippen molar-refractivity contribution >= 4 is 57.3 Å². The van der Waals surface area contributed by atoms with Gasteiger partial charge in [-0.2, -0.15) is 0 Å². The second-order valence-corrected chi connectivity index (χ2v) is 16.8. The molecule has 46 heavy (non-hydrogen) atoms. The molecule has 0 spiro atoms. The monoisotopic (exact) mass is 805 g/mol. The molecular formula is C39H33IrN3O2Si-2. The normalized spacial score (nSPS) is 15.2. The van der Waals surface area contributed by atoms with Crippen molar-refractivity contribution in [2.24, 2.45) is 0 Å². The van der Waals surface area contributed by atoms with E-state index in [1.807, 2.05) is 30.5 Å². The fourth-order valence-electron chi connectivity index (χ4n) is 5.31. The van der Waals surface area contributed by atoms with Crippen LogP contribution in [0.25, 0.3) is 66.5 Å². The zero-order valence-corrected chi connectivity index (χ0v) is 28.5. The van der Waals surface area contributed by atoms with Gasteiger partial charge in [0.05, 0.1) is 13.7 Å². The molecule has 0 atom stereocenters. The van der Waals surface area contributed by atoms with Crippen molar-refractivity contribution in [1.82, 2.24) is 15.0 Å². The Morgan fingerprint density at radius 3 is 2.24 bits per heavy atom. The fraction of sp³-hybridized carbons (Fsp3) is 0.154. The molecule has 231 valence electrons. The molecule has 0 aliphatic rings. The molecule has 7 heteroatoms. The summed E-state index contributed by atoms with van der Waals surface area (Å²) in [5.41, 5.74) is 3.45. The maximum absolute atomic E-state index is 7.88. The predicted octanol–water partition coefficient (Wildman–Crippen LogP) is 9.76. The average Bonchev–Trinajstić information content (AvgIpc) is 3.68. The molecule has 5 aromatic heterocycles. The molecule has 5 nitrogen and oxygen atoms in total. The molecule has 8 rings (SSSR count). The number of hydrogen-bond acceptors (Lipinski definition) is 5. The summed E-state index contributed by atoms with van der Waals surface area (Å²) in [5, 5.41) is 4.06. The van der Waals surface area contributed by atoms with Crippen LogP contribution in [0.3, 0.4) is 0 Å². The Balaban J connectivity index is 0.000000254. The average molecular weight is 805 g/mol. The summed E-state index contributed by atoms with van der Waals surface area (Å²) >= 11 is 0. The summed E-state index contributed by atoms with van der Waals surface area (Å²) < 4.78 is 81.8. The molecule has 0 aliphatic heterocycles. The van der Waals surface area contributed by atoms with Gasteiger partial charge in [0.15, 0.2) is 0 Å². The van der Waals surface area contributed by atoms with Crippen LogP contribution in [0.4, 0.5) is 0 Å². The van der Waals surface area contributed by atoms with Crippen molar-refractivity contribution in [3.8, 4) is 22.5 Å². The maximum atomic E-state index is 7.88. The number of aromatic nitrogens is 3. The molecule has 0 amide bonds. The number of benzene rings is 3. The minimum Gasteiger partial charge on any atom is -0.501 e. The van der Waals surface area contributed by atoms with Crippen molar-refractivity contribution < 1.29 is 41.3 Å². The van der Waals surface area contributed by atoms with Crippen LogP contribution < -0.4 is 5.19 Å². The Labute approximate surface area is 295 Å². The van der Waals surface area contributed by atoms with E-state index in [0.29, 0.717) is 43.9 Å². The van der Waals surface area contributed by atoms with Gasteiger partial charge >= 0.3 is 0 Å². The fourth-order valence-corrected chi connectivity index (χ4v) is 6.35.